The molecule has 1 unspecified atom stereocenters. The second-order valence-electron chi connectivity index (χ2n) is 6.19. The van der Waals surface area contributed by atoms with Gasteiger partial charge in [0.05, 0.1) is 17.9 Å². The predicted molar refractivity (Wildman–Crippen MR) is 102 cm³/mol. The molecule has 0 fully saturated rings. The van der Waals surface area contributed by atoms with Crippen molar-refractivity contribution in [2.75, 3.05) is 5.32 Å². The molecule has 27 heavy (non-hydrogen) atoms. The molecular formula is C21H18N4O2. The number of anilines is 1. The van der Waals surface area contributed by atoms with Crippen molar-refractivity contribution in [1.29, 1.82) is 0 Å². The van der Waals surface area contributed by atoms with Gasteiger partial charge in [-0.1, -0.05) is 65.8 Å². The molecule has 0 radical (unpaired) electrons. The fourth-order valence-electron chi connectivity index (χ4n) is 2.81. The average molecular weight is 358 g/mol. The maximum Gasteiger partial charge on any atom is 0.277 e. The summed E-state index contributed by atoms with van der Waals surface area (Å²) in [7, 11) is 0. The summed E-state index contributed by atoms with van der Waals surface area (Å²) in [6.07, 6.45) is 3.42. The van der Waals surface area contributed by atoms with Crippen molar-refractivity contribution < 1.29 is 9.32 Å². The summed E-state index contributed by atoms with van der Waals surface area (Å²) in [6.45, 7) is 2.05. The second kappa shape index (κ2) is 7.29. The molecule has 2 heterocycles. The Hall–Kier alpha value is -3.67. The topological polar surface area (TPSA) is 73.0 Å². The molecule has 1 N–H and O–H groups in total. The molecule has 2 aromatic carbocycles. The fourth-order valence-corrected chi connectivity index (χ4v) is 2.81. The maximum atomic E-state index is 12.4. The molecule has 4 aromatic rings. The van der Waals surface area contributed by atoms with Gasteiger partial charge in [0, 0.05) is 17.8 Å². The summed E-state index contributed by atoms with van der Waals surface area (Å²) < 4.78 is 7.09. The zero-order valence-corrected chi connectivity index (χ0v) is 14.7. The Bertz CT molecular complexity index is 1040. The highest BCUT2D eigenvalue weighted by Gasteiger charge is 2.15. The van der Waals surface area contributed by atoms with Crippen molar-refractivity contribution in [3.05, 3.63) is 90.4 Å². The van der Waals surface area contributed by atoms with Crippen molar-refractivity contribution in [3.8, 4) is 11.3 Å². The third kappa shape index (κ3) is 3.64. The van der Waals surface area contributed by atoms with Gasteiger partial charge in [-0.3, -0.25) is 9.48 Å². The predicted octanol–water partition coefficient (Wildman–Crippen LogP) is 4.40. The van der Waals surface area contributed by atoms with Gasteiger partial charge in [0.2, 0.25) is 0 Å². The summed E-state index contributed by atoms with van der Waals surface area (Å²) in [6, 6.07) is 21.3. The van der Waals surface area contributed by atoms with E-state index in [0.29, 0.717) is 11.4 Å². The highest BCUT2D eigenvalue weighted by atomic mass is 16.5. The molecule has 0 aliphatic carbocycles. The van der Waals surface area contributed by atoms with E-state index < -0.39 is 0 Å². The van der Waals surface area contributed by atoms with Crippen molar-refractivity contribution in [3.63, 3.8) is 0 Å². The van der Waals surface area contributed by atoms with E-state index in [4.69, 9.17) is 4.52 Å². The number of nitrogens with zero attached hydrogens (tertiary/aromatic N) is 3. The van der Waals surface area contributed by atoms with Crippen LogP contribution >= 0.6 is 0 Å². The Labute approximate surface area is 156 Å². The van der Waals surface area contributed by atoms with Crippen molar-refractivity contribution in [1.82, 2.24) is 14.9 Å². The lowest BCUT2D eigenvalue weighted by Crippen LogP contribution is -2.12. The number of carbonyl (C=O) groups excluding carboxylic acids is 1. The molecule has 0 aliphatic heterocycles. The lowest BCUT2D eigenvalue weighted by molar-refractivity contribution is 0.101. The Morgan fingerprint density at radius 1 is 1.07 bits per heavy atom. The molecule has 134 valence electrons. The van der Waals surface area contributed by atoms with Gasteiger partial charge in [-0.25, -0.2) is 0 Å². The molecule has 0 saturated heterocycles. The van der Waals surface area contributed by atoms with Gasteiger partial charge in [0.1, 0.15) is 0 Å². The van der Waals surface area contributed by atoms with Crippen molar-refractivity contribution in [2.45, 2.75) is 13.0 Å². The molecule has 0 aliphatic rings. The van der Waals surface area contributed by atoms with Crippen LogP contribution in [0.2, 0.25) is 0 Å². The Balaban J connectivity index is 1.46. The Kier molecular flexibility index (Phi) is 4.53. The molecule has 4 rings (SSSR count). The molecule has 0 saturated carbocycles. The highest BCUT2D eigenvalue weighted by molar-refractivity contribution is 6.03. The highest BCUT2D eigenvalue weighted by Crippen LogP contribution is 2.21. The molecule has 0 spiro atoms. The van der Waals surface area contributed by atoms with E-state index in [-0.39, 0.29) is 17.6 Å². The molecule has 1 amide bonds. The summed E-state index contributed by atoms with van der Waals surface area (Å²) in [4.78, 5) is 12.4. The summed E-state index contributed by atoms with van der Waals surface area (Å²) >= 11 is 0. The first-order valence-corrected chi connectivity index (χ1v) is 8.63. The molecular weight excluding hydrogens is 340 g/mol. The average Bonchev–Trinajstić information content (AvgIpc) is 3.39. The van der Waals surface area contributed by atoms with E-state index in [1.165, 1.54) is 0 Å². The Morgan fingerprint density at radius 3 is 2.52 bits per heavy atom. The van der Waals surface area contributed by atoms with Crippen LogP contribution < -0.4 is 5.32 Å². The minimum Gasteiger partial charge on any atom is -0.355 e. The van der Waals surface area contributed by atoms with Crippen LogP contribution in [-0.4, -0.2) is 20.8 Å². The third-order valence-corrected chi connectivity index (χ3v) is 4.34. The van der Waals surface area contributed by atoms with E-state index in [9.17, 15) is 4.79 Å². The van der Waals surface area contributed by atoms with Gasteiger partial charge in [-0.05, 0) is 12.5 Å². The van der Waals surface area contributed by atoms with Crippen LogP contribution in [0, 0.1) is 0 Å². The monoisotopic (exact) mass is 358 g/mol. The minimum atomic E-state index is -0.340. The van der Waals surface area contributed by atoms with Gasteiger partial charge in [0.25, 0.3) is 5.91 Å². The van der Waals surface area contributed by atoms with Crippen LogP contribution in [0.4, 0.5) is 5.69 Å². The second-order valence-corrected chi connectivity index (χ2v) is 6.19. The van der Waals surface area contributed by atoms with Gasteiger partial charge in [-0.15, -0.1) is 0 Å². The van der Waals surface area contributed by atoms with E-state index in [2.05, 4.69) is 22.5 Å². The smallest absolute Gasteiger partial charge is 0.277 e. The van der Waals surface area contributed by atoms with Crippen molar-refractivity contribution >= 4 is 11.6 Å². The summed E-state index contributed by atoms with van der Waals surface area (Å²) in [5.41, 5.74) is 2.83. The van der Waals surface area contributed by atoms with E-state index in [1.54, 1.807) is 18.5 Å². The number of hydrogen-bond acceptors (Lipinski definition) is 4. The number of hydrogen-bond donors (Lipinski definition) is 1. The van der Waals surface area contributed by atoms with Gasteiger partial charge in [0.15, 0.2) is 11.5 Å². The number of nitrogens with one attached hydrogen (secondary N) is 1. The zero-order valence-electron chi connectivity index (χ0n) is 14.7. The first kappa shape index (κ1) is 16.8. The quantitative estimate of drug-likeness (QED) is 0.574. The molecule has 1 atom stereocenters. The van der Waals surface area contributed by atoms with Gasteiger partial charge >= 0.3 is 0 Å². The van der Waals surface area contributed by atoms with Crippen LogP contribution in [0.1, 0.15) is 29.0 Å². The largest absolute Gasteiger partial charge is 0.355 e. The molecule has 0 bridgehead atoms. The van der Waals surface area contributed by atoms with E-state index in [0.717, 1.165) is 11.1 Å². The number of benzene rings is 2. The number of amides is 1. The van der Waals surface area contributed by atoms with Gasteiger partial charge in [-0.2, -0.15) is 5.10 Å². The zero-order chi connectivity index (χ0) is 18.6. The van der Waals surface area contributed by atoms with Crippen LogP contribution in [0.5, 0.6) is 0 Å². The van der Waals surface area contributed by atoms with E-state index in [1.807, 2.05) is 65.3 Å². The van der Waals surface area contributed by atoms with Crippen LogP contribution in [0.15, 0.2) is 83.6 Å². The molecule has 2 aromatic heterocycles. The maximum absolute atomic E-state index is 12.4. The molecule has 6 nitrogen and oxygen atoms in total. The standard InChI is InChI=1S/C21H18N4O2/c1-15(16-8-4-2-5-9-16)25-14-18(13-22-25)23-21(26)19-12-20(27-24-19)17-10-6-3-7-11-17/h2-15H,1H3,(H,23,26). The summed E-state index contributed by atoms with van der Waals surface area (Å²) in [5.74, 6) is 0.210. The Morgan fingerprint density at radius 2 is 1.78 bits per heavy atom. The number of carbonyl (C=O) groups is 1. The van der Waals surface area contributed by atoms with Crippen molar-refractivity contribution in [2.24, 2.45) is 0 Å². The normalized spacial score (nSPS) is 11.9. The summed E-state index contributed by atoms with van der Waals surface area (Å²) in [5, 5.41) is 11.0. The first-order valence-electron chi connectivity index (χ1n) is 8.63. The fraction of sp³-hybridized carbons (Fsp3) is 0.0952. The lowest BCUT2D eigenvalue weighted by atomic mass is 10.1. The first-order chi connectivity index (χ1) is 13.2. The van der Waals surface area contributed by atoms with Crippen LogP contribution in [0.3, 0.4) is 0 Å². The lowest BCUT2D eigenvalue weighted by Gasteiger charge is -2.12. The number of rotatable bonds is 5. The van der Waals surface area contributed by atoms with E-state index >= 15 is 0 Å². The third-order valence-electron chi connectivity index (χ3n) is 4.34. The number of aromatic nitrogens is 3. The SMILES string of the molecule is CC(c1ccccc1)n1cc(NC(=O)c2cc(-c3ccccc3)on2)cn1. The molecule has 6 heteroatoms. The van der Waals surface area contributed by atoms with Crippen LogP contribution in [-0.2, 0) is 0 Å². The minimum absolute atomic E-state index is 0.0635. The van der Waals surface area contributed by atoms with Gasteiger partial charge < -0.3 is 9.84 Å². The van der Waals surface area contributed by atoms with Crippen LogP contribution in [0.25, 0.3) is 11.3 Å².